The molecule has 5 heteroatoms. The number of Topliss-reactive ketones (excluding diaryl/α,β-unsaturated/α-hetero) is 1. The van der Waals surface area contributed by atoms with Crippen LogP contribution in [-0.4, -0.2) is 40.2 Å². The highest BCUT2D eigenvalue weighted by Gasteiger charge is 2.21. The third kappa shape index (κ3) is 2.93. The lowest BCUT2D eigenvalue weighted by Crippen LogP contribution is -2.38. The molecular weight excluding hydrogens is 280 g/mol. The Morgan fingerprint density at radius 3 is 2.41 bits per heavy atom. The van der Waals surface area contributed by atoms with Gasteiger partial charge in [-0.15, -0.1) is 0 Å². The number of hydrogen-bond donors (Lipinski definition) is 0. The molecule has 1 fully saturated rings. The number of ketones is 1. The van der Waals surface area contributed by atoms with Crippen molar-refractivity contribution in [2.24, 2.45) is 0 Å². The van der Waals surface area contributed by atoms with E-state index in [1.54, 1.807) is 15.7 Å². The molecule has 0 saturated carbocycles. The van der Waals surface area contributed by atoms with Gasteiger partial charge in [-0.2, -0.15) is 0 Å². The van der Waals surface area contributed by atoms with Crippen LogP contribution >= 0.6 is 0 Å². The fraction of sp³-hybridized carbons (Fsp3) is 0.353. The number of fused-ring (bicyclic) bond motifs is 1. The summed E-state index contributed by atoms with van der Waals surface area (Å²) in [6, 6.07) is 9.56. The highest BCUT2D eigenvalue weighted by Crippen LogP contribution is 2.16. The molecule has 0 aliphatic carbocycles. The summed E-state index contributed by atoms with van der Waals surface area (Å²) in [5.74, 6) is 0.0823. The molecule has 0 radical (unpaired) electrons. The number of amides is 1. The van der Waals surface area contributed by atoms with Crippen molar-refractivity contribution in [3.63, 3.8) is 0 Å². The Bertz CT molecular complexity index is 722. The van der Waals surface area contributed by atoms with Gasteiger partial charge in [0.2, 0.25) is 11.8 Å². The molecule has 1 aromatic carbocycles. The number of para-hydroxylation sites is 1. The number of piperidine rings is 1. The molecule has 1 saturated heterocycles. The van der Waals surface area contributed by atoms with Crippen molar-refractivity contribution in [3.05, 3.63) is 36.5 Å². The molecule has 22 heavy (non-hydrogen) atoms. The van der Waals surface area contributed by atoms with Crippen LogP contribution in [0.15, 0.2) is 36.5 Å². The number of aromatic nitrogens is 1. The van der Waals surface area contributed by atoms with Crippen LogP contribution in [0.1, 0.15) is 30.5 Å². The van der Waals surface area contributed by atoms with Crippen LogP contribution in [0.3, 0.4) is 0 Å². The summed E-state index contributed by atoms with van der Waals surface area (Å²) in [7, 11) is 0. The minimum atomic E-state index is -0.0809. The minimum absolute atomic E-state index is 0.0442. The Morgan fingerprint density at radius 1 is 0.955 bits per heavy atom. The Kier molecular flexibility index (Phi) is 4.04. The van der Waals surface area contributed by atoms with E-state index in [1.807, 2.05) is 30.3 Å². The predicted molar refractivity (Wildman–Crippen MR) is 82.6 cm³/mol. The monoisotopic (exact) mass is 298 g/mol. The van der Waals surface area contributed by atoms with Crippen LogP contribution in [0.2, 0.25) is 0 Å². The lowest BCUT2D eigenvalue weighted by Gasteiger charge is -2.25. The maximum absolute atomic E-state index is 12.3. The van der Waals surface area contributed by atoms with Crippen molar-refractivity contribution >= 4 is 28.5 Å². The van der Waals surface area contributed by atoms with Gasteiger partial charge in [0.1, 0.15) is 5.78 Å². The Morgan fingerprint density at radius 2 is 1.64 bits per heavy atom. The lowest BCUT2D eigenvalue weighted by molar-refractivity contribution is -0.134. The molecule has 0 unspecified atom stereocenters. The minimum Gasteiger partial charge on any atom is -0.342 e. The number of rotatable bonds is 3. The van der Waals surface area contributed by atoms with Gasteiger partial charge < -0.3 is 4.90 Å². The zero-order valence-electron chi connectivity index (χ0n) is 12.3. The fourth-order valence-electron chi connectivity index (χ4n) is 2.80. The molecule has 0 N–H and O–H groups in total. The summed E-state index contributed by atoms with van der Waals surface area (Å²) in [4.78, 5) is 37.3. The summed E-state index contributed by atoms with van der Waals surface area (Å²) >= 11 is 0. The van der Waals surface area contributed by atoms with Crippen LogP contribution in [0.25, 0.3) is 10.9 Å². The van der Waals surface area contributed by atoms with Gasteiger partial charge in [-0.25, -0.2) is 0 Å². The van der Waals surface area contributed by atoms with E-state index < -0.39 is 0 Å². The zero-order chi connectivity index (χ0) is 15.5. The Hall–Kier alpha value is -2.43. The first kappa shape index (κ1) is 14.5. The van der Waals surface area contributed by atoms with Gasteiger partial charge in [0, 0.05) is 50.4 Å². The first-order valence-electron chi connectivity index (χ1n) is 7.54. The summed E-state index contributed by atoms with van der Waals surface area (Å²) in [5, 5.41) is 1.01. The molecule has 5 nitrogen and oxygen atoms in total. The molecule has 1 aliphatic heterocycles. The van der Waals surface area contributed by atoms with Gasteiger partial charge in [-0.05, 0) is 12.1 Å². The van der Waals surface area contributed by atoms with E-state index in [4.69, 9.17) is 0 Å². The van der Waals surface area contributed by atoms with Crippen molar-refractivity contribution in [1.29, 1.82) is 0 Å². The quantitative estimate of drug-likeness (QED) is 0.873. The largest absolute Gasteiger partial charge is 0.342 e. The van der Waals surface area contributed by atoms with Crippen molar-refractivity contribution in [2.45, 2.75) is 25.7 Å². The summed E-state index contributed by atoms with van der Waals surface area (Å²) < 4.78 is 1.60. The van der Waals surface area contributed by atoms with Gasteiger partial charge >= 0.3 is 0 Å². The van der Waals surface area contributed by atoms with E-state index >= 15 is 0 Å². The van der Waals surface area contributed by atoms with Gasteiger partial charge in [-0.1, -0.05) is 18.2 Å². The summed E-state index contributed by atoms with van der Waals surface area (Å²) in [6.45, 7) is 0.969. The molecule has 0 atom stereocenters. The van der Waals surface area contributed by atoms with Crippen molar-refractivity contribution in [3.8, 4) is 0 Å². The molecule has 114 valence electrons. The molecule has 1 amide bonds. The molecule has 1 aliphatic rings. The molecule has 0 spiro atoms. The summed E-state index contributed by atoms with van der Waals surface area (Å²) in [5.41, 5.74) is 0.864. The highest BCUT2D eigenvalue weighted by atomic mass is 16.2. The number of benzene rings is 1. The normalized spacial score (nSPS) is 15.3. The van der Waals surface area contributed by atoms with E-state index in [0.29, 0.717) is 25.9 Å². The SMILES string of the molecule is O=C1CCN(C(=O)CCC(=O)n2ccc3ccccc32)CC1. The number of carbonyl (C=O) groups is 3. The van der Waals surface area contributed by atoms with E-state index in [-0.39, 0.29) is 30.4 Å². The average molecular weight is 298 g/mol. The predicted octanol–water partition coefficient (Wildman–Crippen LogP) is 2.25. The second-order valence-electron chi connectivity index (χ2n) is 5.56. The maximum Gasteiger partial charge on any atom is 0.231 e. The first-order valence-corrected chi connectivity index (χ1v) is 7.54. The zero-order valence-corrected chi connectivity index (χ0v) is 12.3. The van der Waals surface area contributed by atoms with Crippen LogP contribution < -0.4 is 0 Å². The molecule has 1 aromatic heterocycles. The lowest BCUT2D eigenvalue weighted by atomic mass is 10.1. The van der Waals surface area contributed by atoms with Gasteiger partial charge in [0.25, 0.3) is 0 Å². The first-order chi connectivity index (χ1) is 10.6. The van der Waals surface area contributed by atoms with Crippen LogP contribution in [0.5, 0.6) is 0 Å². The Labute approximate surface area is 128 Å². The molecule has 2 aromatic rings. The fourth-order valence-corrected chi connectivity index (χ4v) is 2.80. The molecule has 0 bridgehead atoms. The van der Waals surface area contributed by atoms with Gasteiger partial charge in [-0.3, -0.25) is 19.0 Å². The molecular formula is C17H18N2O3. The average Bonchev–Trinajstić information content (AvgIpc) is 2.97. The third-order valence-corrected chi connectivity index (χ3v) is 4.09. The van der Waals surface area contributed by atoms with Crippen LogP contribution in [-0.2, 0) is 9.59 Å². The highest BCUT2D eigenvalue weighted by molar-refractivity contribution is 5.94. The number of hydrogen-bond acceptors (Lipinski definition) is 3. The third-order valence-electron chi connectivity index (χ3n) is 4.09. The van der Waals surface area contributed by atoms with Crippen LogP contribution in [0.4, 0.5) is 0 Å². The van der Waals surface area contributed by atoms with E-state index in [2.05, 4.69) is 0 Å². The van der Waals surface area contributed by atoms with Crippen LogP contribution in [0, 0.1) is 0 Å². The second kappa shape index (κ2) is 6.13. The Balaban J connectivity index is 1.60. The van der Waals surface area contributed by atoms with E-state index in [9.17, 15) is 14.4 Å². The number of likely N-dealkylation sites (tertiary alicyclic amines) is 1. The number of nitrogens with zero attached hydrogens (tertiary/aromatic N) is 2. The van der Waals surface area contributed by atoms with E-state index in [1.165, 1.54) is 0 Å². The van der Waals surface area contributed by atoms with Crippen molar-refractivity contribution < 1.29 is 14.4 Å². The van der Waals surface area contributed by atoms with E-state index in [0.717, 1.165) is 10.9 Å². The standard InChI is InChI=1S/C17H18N2O3/c20-14-8-10-18(11-9-14)16(21)5-6-17(22)19-12-7-13-3-1-2-4-15(13)19/h1-4,7,12H,5-6,8-11H2. The maximum atomic E-state index is 12.3. The molecule has 2 heterocycles. The summed E-state index contributed by atoms with van der Waals surface area (Å²) in [6.07, 6.45) is 2.99. The second-order valence-corrected chi connectivity index (χ2v) is 5.56. The topological polar surface area (TPSA) is 59.4 Å². The van der Waals surface area contributed by atoms with Gasteiger partial charge in [0.15, 0.2) is 0 Å². The van der Waals surface area contributed by atoms with Gasteiger partial charge in [0.05, 0.1) is 5.52 Å². The number of carbonyl (C=O) groups excluding carboxylic acids is 3. The molecule has 3 rings (SSSR count). The smallest absolute Gasteiger partial charge is 0.231 e. The van der Waals surface area contributed by atoms with Crippen molar-refractivity contribution in [1.82, 2.24) is 9.47 Å². The van der Waals surface area contributed by atoms with Crippen molar-refractivity contribution in [2.75, 3.05) is 13.1 Å².